The molecule has 9 heteroatoms. The molecule has 7 atom stereocenters. The molecule has 0 bridgehead atoms. The van der Waals surface area contributed by atoms with Crippen LogP contribution in [0.1, 0.15) is 328 Å². The molecular formula is C75H135NO8. The van der Waals surface area contributed by atoms with Crippen LogP contribution in [0.2, 0.25) is 0 Å². The fourth-order valence-electron chi connectivity index (χ4n) is 11.1. The number of rotatable bonds is 62. The van der Waals surface area contributed by atoms with Gasteiger partial charge in [0.2, 0.25) is 5.91 Å². The second kappa shape index (κ2) is 63.4. The Morgan fingerprint density at radius 2 is 0.750 bits per heavy atom. The van der Waals surface area contributed by atoms with Crippen molar-refractivity contribution in [2.24, 2.45) is 0 Å². The largest absolute Gasteiger partial charge is 0.394 e. The monoisotopic (exact) mass is 1180 g/mol. The molecule has 0 aromatic heterocycles. The number of aliphatic hydroxyl groups is 5. The Kier molecular flexibility index (Phi) is 59.9. The molecule has 84 heavy (non-hydrogen) atoms. The van der Waals surface area contributed by atoms with Gasteiger partial charge in [0.05, 0.1) is 25.4 Å². The van der Waals surface area contributed by atoms with Gasteiger partial charge in [-0.15, -0.1) is 0 Å². The van der Waals surface area contributed by atoms with Crippen molar-refractivity contribution >= 4 is 5.91 Å². The van der Waals surface area contributed by atoms with E-state index in [2.05, 4.69) is 92.1 Å². The van der Waals surface area contributed by atoms with Gasteiger partial charge in [-0.3, -0.25) is 4.79 Å². The average molecular weight is 1180 g/mol. The van der Waals surface area contributed by atoms with E-state index in [0.29, 0.717) is 6.42 Å². The van der Waals surface area contributed by atoms with Crippen LogP contribution < -0.4 is 5.32 Å². The summed E-state index contributed by atoms with van der Waals surface area (Å²) in [6.07, 6.45) is 84.2. The van der Waals surface area contributed by atoms with E-state index in [1.165, 1.54) is 238 Å². The zero-order valence-electron chi connectivity index (χ0n) is 54.6. The van der Waals surface area contributed by atoms with Crippen LogP contribution in [0.5, 0.6) is 0 Å². The highest BCUT2D eigenvalue weighted by atomic mass is 16.7. The van der Waals surface area contributed by atoms with E-state index in [1.807, 2.05) is 6.08 Å². The van der Waals surface area contributed by atoms with Crippen LogP contribution in [0.15, 0.2) is 85.1 Å². The maximum absolute atomic E-state index is 13.1. The quantitative estimate of drug-likeness (QED) is 0.0261. The number of hydrogen-bond acceptors (Lipinski definition) is 8. The molecule has 1 aliphatic heterocycles. The van der Waals surface area contributed by atoms with E-state index in [0.717, 1.165) is 70.6 Å². The van der Waals surface area contributed by atoms with E-state index in [9.17, 15) is 30.3 Å². The SMILES string of the molecule is CC/C=C\C/C=C\C/C=C\C/C=C\CCCCCCCCCCCCCCCCCCCCCCCCC(=O)NC(COC1OC(CO)C(O)C(O)C1O)C(O)/C=C/CC/C=C/CC/C=C/CCCCCCCCCCCCCCCCCC. The highest BCUT2D eigenvalue weighted by molar-refractivity contribution is 5.76. The number of carbonyl (C=O) groups excluding carboxylic acids is 1. The molecule has 6 N–H and O–H groups in total. The minimum atomic E-state index is -1.58. The van der Waals surface area contributed by atoms with E-state index in [-0.39, 0.29) is 12.5 Å². The zero-order valence-corrected chi connectivity index (χ0v) is 54.6. The molecule has 9 nitrogen and oxygen atoms in total. The fourth-order valence-corrected chi connectivity index (χ4v) is 11.1. The molecule has 0 radical (unpaired) electrons. The Labute approximate surface area is 518 Å². The first-order chi connectivity index (χ1) is 41.3. The molecule has 1 saturated heterocycles. The molecule has 1 heterocycles. The van der Waals surface area contributed by atoms with Crippen molar-refractivity contribution in [3.63, 3.8) is 0 Å². The van der Waals surface area contributed by atoms with Crippen LogP contribution in [0.4, 0.5) is 0 Å². The van der Waals surface area contributed by atoms with E-state index >= 15 is 0 Å². The van der Waals surface area contributed by atoms with Gasteiger partial charge in [-0.25, -0.2) is 0 Å². The molecule has 1 fully saturated rings. The summed E-state index contributed by atoms with van der Waals surface area (Å²) in [6.45, 7) is 3.68. The van der Waals surface area contributed by atoms with Crippen molar-refractivity contribution < 1.29 is 39.8 Å². The first-order valence-electron chi connectivity index (χ1n) is 35.8. The fraction of sp³-hybridized carbons (Fsp3) is 0.800. The number of allylic oxidation sites excluding steroid dienone is 13. The minimum absolute atomic E-state index is 0.187. The number of amides is 1. The van der Waals surface area contributed by atoms with Crippen LogP contribution in [0.3, 0.4) is 0 Å². The molecule has 1 amide bonds. The van der Waals surface area contributed by atoms with E-state index in [4.69, 9.17) is 9.47 Å². The van der Waals surface area contributed by atoms with Crippen LogP contribution in [0.25, 0.3) is 0 Å². The third-order valence-corrected chi connectivity index (χ3v) is 16.7. The molecule has 0 spiro atoms. The topological polar surface area (TPSA) is 149 Å². The summed E-state index contributed by atoms with van der Waals surface area (Å²) in [7, 11) is 0. The Bertz CT molecular complexity index is 1600. The van der Waals surface area contributed by atoms with Gasteiger partial charge in [-0.1, -0.05) is 324 Å². The van der Waals surface area contributed by atoms with Crippen molar-refractivity contribution in [3.8, 4) is 0 Å². The van der Waals surface area contributed by atoms with Crippen LogP contribution in [0, 0.1) is 0 Å². The van der Waals surface area contributed by atoms with Gasteiger partial charge in [0.25, 0.3) is 0 Å². The van der Waals surface area contributed by atoms with Crippen molar-refractivity contribution in [2.75, 3.05) is 13.2 Å². The number of nitrogens with one attached hydrogen (secondary N) is 1. The van der Waals surface area contributed by atoms with Crippen molar-refractivity contribution in [1.29, 1.82) is 0 Å². The van der Waals surface area contributed by atoms with Gasteiger partial charge in [-0.2, -0.15) is 0 Å². The van der Waals surface area contributed by atoms with E-state index < -0.39 is 49.5 Å². The van der Waals surface area contributed by atoms with Crippen LogP contribution in [-0.4, -0.2) is 87.5 Å². The van der Waals surface area contributed by atoms with Gasteiger partial charge in [-0.05, 0) is 83.5 Å². The van der Waals surface area contributed by atoms with Gasteiger partial charge >= 0.3 is 0 Å². The number of unbranched alkanes of at least 4 members (excludes halogenated alkanes) is 40. The maximum atomic E-state index is 13.1. The number of ether oxygens (including phenoxy) is 2. The van der Waals surface area contributed by atoms with E-state index in [1.54, 1.807) is 6.08 Å². The molecule has 7 unspecified atom stereocenters. The Balaban J connectivity index is 2.13. The predicted octanol–water partition coefficient (Wildman–Crippen LogP) is 19.7. The summed E-state index contributed by atoms with van der Waals surface area (Å²) in [5.74, 6) is -0.187. The second-order valence-electron chi connectivity index (χ2n) is 24.6. The number of aliphatic hydroxyl groups excluding tert-OH is 5. The second-order valence-corrected chi connectivity index (χ2v) is 24.6. The molecule has 1 aliphatic rings. The predicted molar refractivity (Wildman–Crippen MR) is 359 cm³/mol. The summed E-state index contributed by atoms with van der Waals surface area (Å²) in [4.78, 5) is 13.1. The zero-order chi connectivity index (χ0) is 60.7. The average Bonchev–Trinajstić information content (AvgIpc) is 3.70. The van der Waals surface area contributed by atoms with Gasteiger partial charge < -0.3 is 40.3 Å². The molecule has 1 rings (SSSR count). The minimum Gasteiger partial charge on any atom is -0.394 e. The Morgan fingerprint density at radius 3 is 1.14 bits per heavy atom. The lowest BCUT2D eigenvalue weighted by Gasteiger charge is -2.40. The summed E-state index contributed by atoms with van der Waals surface area (Å²) >= 11 is 0. The lowest BCUT2D eigenvalue weighted by Crippen LogP contribution is -2.60. The highest BCUT2D eigenvalue weighted by Crippen LogP contribution is 2.23. The standard InChI is InChI=1S/C75H135NO8/c1-3-5-7-9-11-13-15-17-19-21-23-25-27-29-31-32-33-34-35-36-37-38-39-41-43-45-47-49-51-53-55-57-59-61-63-65-71(79)76-68(67-83-75-74(82)73(81)72(80)70(66-77)84-75)69(78)64-62-60-58-56-54-52-50-48-46-44-42-40-30-28-26-24-22-20-18-16-14-12-10-8-6-4-2/h5,7,11,13,17,19,23,25,46,48,54,56,62,64,68-70,72-75,77-78,80-82H,3-4,6,8-10,12,14-16,18,20-22,24,26-45,47,49-53,55,57-61,63,65-67H2,1-2H3,(H,76,79)/b7-5-,13-11-,19-17-,25-23-,48-46+,56-54+,64-62+. The summed E-state index contributed by atoms with van der Waals surface area (Å²) < 4.78 is 11.3. The van der Waals surface area contributed by atoms with Crippen LogP contribution in [-0.2, 0) is 14.3 Å². The number of hydrogen-bond donors (Lipinski definition) is 6. The lowest BCUT2D eigenvalue weighted by atomic mass is 9.99. The molecular weight excluding hydrogens is 1040 g/mol. The summed E-state index contributed by atoms with van der Waals surface area (Å²) in [5, 5.41) is 54.7. The highest BCUT2D eigenvalue weighted by Gasteiger charge is 2.44. The normalized spacial score (nSPS) is 18.7. The molecule has 0 aromatic rings. The van der Waals surface area contributed by atoms with Crippen molar-refractivity contribution in [2.45, 2.75) is 371 Å². The Hall–Kier alpha value is -2.63. The molecule has 0 aliphatic carbocycles. The maximum Gasteiger partial charge on any atom is 0.220 e. The first-order valence-corrected chi connectivity index (χ1v) is 35.8. The Morgan fingerprint density at radius 1 is 0.417 bits per heavy atom. The molecule has 488 valence electrons. The third-order valence-electron chi connectivity index (χ3n) is 16.7. The van der Waals surface area contributed by atoms with Gasteiger partial charge in [0.15, 0.2) is 6.29 Å². The van der Waals surface area contributed by atoms with Gasteiger partial charge in [0, 0.05) is 6.42 Å². The molecule has 0 aromatic carbocycles. The summed E-state index contributed by atoms with van der Waals surface area (Å²) in [5.41, 5.74) is 0. The third kappa shape index (κ3) is 51.4. The van der Waals surface area contributed by atoms with Crippen LogP contribution >= 0.6 is 0 Å². The number of carbonyl (C=O) groups is 1. The lowest BCUT2D eigenvalue weighted by molar-refractivity contribution is -0.302. The smallest absolute Gasteiger partial charge is 0.220 e. The first kappa shape index (κ1) is 79.4. The molecule has 0 saturated carbocycles. The van der Waals surface area contributed by atoms with Crippen molar-refractivity contribution in [3.05, 3.63) is 85.1 Å². The van der Waals surface area contributed by atoms with Crippen molar-refractivity contribution in [1.82, 2.24) is 5.32 Å². The summed E-state index contributed by atoms with van der Waals surface area (Å²) in [6, 6.07) is -0.832. The van der Waals surface area contributed by atoms with Gasteiger partial charge in [0.1, 0.15) is 24.4 Å².